The van der Waals surface area contributed by atoms with Gasteiger partial charge in [-0.05, 0) is 111 Å². The number of urea groups is 2. The summed E-state index contributed by atoms with van der Waals surface area (Å²) in [6.07, 6.45) is 0. The molecule has 0 aliphatic heterocycles. The second-order valence-electron chi connectivity index (χ2n) is 12.9. The number of alkyl halides is 4. The van der Waals surface area contributed by atoms with Crippen molar-refractivity contribution in [3.8, 4) is 0 Å². The van der Waals surface area contributed by atoms with E-state index in [0.717, 1.165) is 44.6 Å². The lowest BCUT2D eigenvalue weighted by molar-refractivity contribution is 0.261. The maximum Gasteiger partial charge on any atom is 0.323 e. The summed E-state index contributed by atoms with van der Waals surface area (Å²) in [5.41, 5.74) is 7.79. The molecule has 0 saturated carbocycles. The minimum absolute atomic E-state index is 0.335. The number of aromatic nitrogens is 2. The summed E-state index contributed by atoms with van der Waals surface area (Å²) in [6, 6.07) is 28.9. The zero-order valence-electron chi connectivity index (χ0n) is 31.8. The van der Waals surface area contributed by atoms with Crippen LogP contribution in [-0.2, 0) is 0 Å². The van der Waals surface area contributed by atoms with Gasteiger partial charge in [0.2, 0.25) is 0 Å². The fourth-order valence-corrected chi connectivity index (χ4v) is 7.25. The van der Waals surface area contributed by atoms with Crippen molar-refractivity contribution in [1.82, 2.24) is 9.97 Å². The van der Waals surface area contributed by atoms with E-state index in [4.69, 9.17) is 69.6 Å². The van der Waals surface area contributed by atoms with Crippen LogP contribution >= 0.6 is 69.6 Å². The number of hydrogen-bond donors (Lipinski definition) is 4. The molecule has 58 heavy (non-hydrogen) atoms. The van der Waals surface area contributed by atoms with Crippen LogP contribution in [0.25, 0.3) is 21.8 Å². The van der Waals surface area contributed by atoms with E-state index in [0.29, 0.717) is 82.5 Å². The molecule has 0 fully saturated rings. The first-order valence-corrected chi connectivity index (χ1v) is 21.1. The molecule has 6 rings (SSSR count). The van der Waals surface area contributed by atoms with Crippen LogP contribution in [0.3, 0.4) is 0 Å². The van der Waals surface area contributed by atoms with Crippen LogP contribution < -0.4 is 31.1 Å². The predicted octanol–water partition coefficient (Wildman–Crippen LogP) is 12.2. The van der Waals surface area contributed by atoms with Crippen LogP contribution in [0.4, 0.5) is 43.7 Å². The number of amides is 4. The van der Waals surface area contributed by atoms with Gasteiger partial charge in [-0.3, -0.25) is 9.97 Å². The van der Waals surface area contributed by atoms with E-state index >= 15 is 0 Å². The predicted molar refractivity (Wildman–Crippen MR) is 248 cm³/mol. The highest BCUT2D eigenvalue weighted by Crippen LogP contribution is 2.28. The summed E-state index contributed by atoms with van der Waals surface area (Å²) in [7, 11) is 0. The normalized spacial score (nSPS) is 10.8. The molecule has 0 unspecified atom stereocenters. The number of benzene rings is 4. The second-order valence-corrected chi connectivity index (χ2v) is 15.3. The molecule has 2 aromatic heterocycles. The molecule has 0 atom stereocenters. The van der Waals surface area contributed by atoms with Crippen molar-refractivity contribution >= 4 is 138 Å². The number of nitrogens with one attached hydrogen (secondary N) is 4. The van der Waals surface area contributed by atoms with Crippen molar-refractivity contribution in [1.29, 1.82) is 0 Å². The van der Waals surface area contributed by atoms with E-state index in [1.165, 1.54) is 0 Å². The zero-order valence-corrected chi connectivity index (χ0v) is 36.3. The highest BCUT2D eigenvalue weighted by atomic mass is 35.5. The summed E-state index contributed by atoms with van der Waals surface area (Å²) >= 11 is 35.6. The van der Waals surface area contributed by atoms with E-state index in [2.05, 4.69) is 41.0 Å². The van der Waals surface area contributed by atoms with Crippen molar-refractivity contribution in [2.75, 3.05) is 80.8 Å². The van der Waals surface area contributed by atoms with E-state index in [1.807, 2.05) is 86.6 Å². The first kappa shape index (κ1) is 44.7. The van der Waals surface area contributed by atoms with Crippen LogP contribution in [0.5, 0.6) is 0 Å². The zero-order chi connectivity index (χ0) is 41.6. The molecule has 10 nitrogen and oxygen atoms in total. The lowest BCUT2D eigenvalue weighted by Crippen LogP contribution is -2.27. The SMILES string of the molecule is Cc1cc(NC(=O)Nc2ccc(N(CCCl)CCCl)cc2)c2cc(Cl)ccc2n1.Cc1cc(NC(=O)Nc2ccc(N(CCCl)CCCl)cc2)c2ccc(Cl)cc2n1. The number of fused-ring (bicyclic) bond motifs is 2. The molecular weight excluding hydrogens is 861 g/mol. The first-order chi connectivity index (χ1) is 28.0. The first-order valence-electron chi connectivity index (χ1n) is 18.2. The highest BCUT2D eigenvalue weighted by molar-refractivity contribution is 6.32. The number of pyridine rings is 2. The van der Waals surface area contributed by atoms with E-state index in [-0.39, 0.29) is 12.1 Å². The van der Waals surface area contributed by atoms with E-state index in [9.17, 15) is 9.59 Å². The number of halogens is 6. The Labute approximate surface area is 368 Å². The Hall–Kier alpha value is -4.42. The van der Waals surface area contributed by atoms with Crippen LogP contribution in [0.2, 0.25) is 10.0 Å². The fraction of sp³-hybridized carbons (Fsp3) is 0.238. The maximum atomic E-state index is 12.5. The Balaban J connectivity index is 0.000000221. The average Bonchev–Trinajstić information content (AvgIpc) is 3.18. The Morgan fingerprint density at radius 2 is 0.914 bits per heavy atom. The molecule has 4 aromatic carbocycles. The molecule has 6 aromatic rings. The highest BCUT2D eigenvalue weighted by Gasteiger charge is 2.12. The molecule has 4 amide bonds. The third kappa shape index (κ3) is 12.8. The van der Waals surface area contributed by atoms with Crippen LogP contribution in [0.15, 0.2) is 97.1 Å². The van der Waals surface area contributed by atoms with Gasteiger partial charge in [0, 0.05) is 105 Å². The summed E-state index contributed by atoms with van der Waals surface area (Å²) in [4.78, 5) is 38.2. The number of nitrogens with zero attached hydrogens (tertiary/aromatic N) is 4. The lowest BCUT2D eigenvalue weighted by Gasteiger charge is -2.23. The van der Waals surface area contributed by atoms with Gasteiger partial charge in [-0.15, -0.1) is 46.4 Å². The largest absolute Gasteiger partial charge is 0.369 e. The van der Waals surface area contributed by atoms with Gasteiger partial charge in [-0.2, -0.15) is 0 Å². The van der Waals surface area contributed by atoms with Crippen molar-refractivity contribution in [2.45, 2.75) is 13.8 Å². The Bertz CT molecular complexity index is 2300. The van der Waals surface area contributed by atoms with E-state index in [1.54, 1.807) is 24.3 Å². The smallest absolute Gasteiger partial charge is 0.323 e. The molecule has 0 aliphatic carbocycles. The molecule has 4 N–H and O–H groups in total. The molecule has 304 valence electrons. The number of rotatable bonds is 14. The minimum atomic E-state index is -0.344. The van der Waals surface area contributed by atoms with Gasteiger partial charge < -0.3 is 31.1 Å². The van der Waals surface area contributed by atoms with Gasteiger partial charge in [0.25, 0.3) is 0 Å². The van der Waals surface area contributed by atoms with E-state index < -0.39 is 0 Å². The third-order valence-corrected chi connectivity index (χ3v) is 9.84. The molecule has 0 bridgehead atoms. The topological polar surface area (TPSA) is 115 Å². The number of hydrogen-bond acceptors (Lipinski definition) is 6. The summed E-state index contributed by atoms with van der Waals surface area (Å²) in [6.45, 7) is 6.58. The van der Waals surface area contributed by atoms with Crippen molar-refractivity contribution in [3.05, 3.63) is 118 Å². The summed E-state index contributed by atoms with van der Waals surface area (Å²) in [5.74, 6) is 2.07. The molecule has 16 heteroatoms. The minimum Gasteiger partial charge on any atom is -0.369 e. The van der Waals surface area contributed by atoms with Crippen LogP contribution in [-0.4, -0.2) is 71.7 Å². The Kier molecular flexibility index (Phi) is 17.0. The monoisotopic (exact) mass is 900 g/mol. The Morgan fingerprint density at radius 3 is 1.38 bits per heavy atom. The van der Waals surface area contributed by atoms with Gasteiger partial charge in [0.15, 0.2) is 0 Å². The fourth-order valence-electron chi connectivity index (χ4n) is 6.10. The number of anilines is 6. The standard InChI is InChI=1S/2C21H21Cl3N4O/c1-14-12-20(18-13-15(24)2-7-19(18)25-14)27-21(29)26-16-3-5-17(6-4-16)28(10-8-22)11-9-23;1-14-12-19(18-7-2-15(24)13-20(18)25-14)27-21(29)26-16-3-5-17(6-4-16)28(10-8-22)11-9-23/h2*2-7,12-13H,8-11H2,1H3,(H2,25,26,27,29). The third-order valence-electron chi connectivity index (χ3n) is 8.69. The molecule has 0 saturated heterocycles. The quantitative estimate of drug-likeness (QED) is 0.0810. The molecule has 2 heterocycles. The molecule has 0 aliphatic rings. The maximum absolute atomic E-state index is 12.5. The van der Waals surface area contributed by atoms with Crippen LogP contribution in [0, 0.1) is 13.8 Å². The molecular formula is C42H42Cl6N8O2. The van der Waals surface area contributed by atoms with Crippen molar-refractivity contribution in [3.63, 3.8) is 0 Å². The van der Waals surface area contributed by atoms with Gasteiger partial charge in [-0.1, -0.05) is 23.2 Å². The van der Waals surface area contributed by atoms with Gasteiger partial charge in [0.1, 0.15) is 0 Å². The van der Waals surface area contributed by atoms with Gasteiger partial charge in [-0.25, -0.2) is 9.59 Å². The van der Waals surface area contributed by atoms with Gasteiger partial charge in [0.05, 0.1) is 22.4 Å². The van der Waals surface area contributed by atoms with Crippen molar-refractivity contribution in [2.24, 2.45) is 0 Å². The number of aryl methyl sites for hydroxylation is 2. The average molecular weight is 904 g/mol. The number of carbonyl (C=O) groups excluding carboxylic acids is 2. The lowest BCUT2D eigenvalue weighted by atomic mass is 10.1. The summed E-state index contributed by atoms with van der Waals surface area (Å²) in [5, 5.41) is 14.3. The number of carbonyl (C=O) groups is 2. The Morgan fingerprint density at radius 1 is 0.500 bits per heavy atom. The second kappa shape index (κ2) is 22.1. The van der Waals surface area contributed by atoms with Crippen LogP contribution in [0.1, 0.15) is 11.4 Å². The van der Waals surface area contributed by atoms with Gasteiger partial charge >= 0.3 is 12.1 Å². The molecule has 0 spiro atoms. The summed E-state index contributed by atoms with van der Waals surface area (Å²) < 4.78 is 0. The van der Waals surface area contributed by atoms with Crippen molar-refractivity contribution < 1.29 is 9.59 Å². The molecule has 0 radical (unpaired) electrons.